The fraction of sp³-hybridized carbons (Fsp3) is 0.938. The predicted octanol–water partition coefficient (Wildman–Crippen LogP) is 1.56. The molecule has 0 aromatic heterocycles. The normalized spacial score (nSPS) is 26.9. The summed E-state index contributed by atoms with van der Waals surface area (Å²) in [5.74, 6) is 1.06. The van der Waals surface area contributed by atoms with Crippen molar-refractivity contribution in [2.24, 2.45) is 4.99 Å². The first-order chi connectivity index (χ1) is 10.8. The summed E-state index contributed by atoms with van der Waals surface area (Å²) in [6.45, 7) is 12.7. The van der Waals surface area contributed by atoms with E-state index in [-0.39, 0.29) is 29.7 Å². The zero-order chi connectivity index (χ0) is 17.1. The van der Waals surface area contributed by atoms with Gasteiger partial charge in [-0.25, -0.2) is 8.42 Å². The average molecular weight is 472 g/mol. The standard InChI is InChI=1S/C16H32N4O2S.HI/c1-5-17-15(18-12-14-8-7-9-19(14)6-2)20-10-11-23(21,22)16(3,4)13-20;/h14H,5-13H2,1-4H3,(H,17,18);1H. The van der Waals surface area contributed by atoms with Gasteiger partial charge in [-0.15, -0.1) is 24.0 Å². The van der Waals surface area contributed by atoms with Crippen LogP contribution in [0.5, 0.6) is 0 Å². The number of aliphatic imine (C=N–C) groups is 1. The van der Waals surface area contributed by atoms with Crippen LogP contribution in [0.2, 0.25) is 0 Å². The fourth-order valence-electron chi connectivity index (χ4n) is 3.46. The second-order valence-electron chi connectivity index (χ2n) is 7.12. The van der Waals surface area contributed by atoms with Crippen LogP contribution in [0.4, 0.5) is 0 Å². The van der Waals surface area contributed by atoms with Gasteiger partial charge in [0.2, 0.25) is 0 Å². The number of sulfone groups is 1. The molecule has 2 aliphatic rings. The van der Waals surface area contributed by atoms with E-state index in [9.17, 15) is 8.42 Å². The van der Waals surface area contributed by atoms with Crippen LogP contribution < -0.4 is 5.32 Å². The third-order valence-electron chi connectivity index (χ3n) is 5.03. The largest absolute Gasteiger partial charge is 0.357 e. The van der Waals surface area contributed by atoms with E-state index >= 15 is 0 Å². The van der Waals surface area contributed by atoms with Gasteiger partial charge in [0.15, 0.2) is 15.8 Å². The Morgan fingerprint density at radius 2 is 2.00 bits per heavy atom. The number of guanidine groups is 1. The quantitative estimate of drug-likeness (QED) is 0.382. The lowest BCUT2D eigenvalue weighted by molar-refractivity contribution is 0.271. The van der Waals surface area contributed by atoms with E-state index in [1.807, 2.05) is 13.8 Å². The van der Waals surface area contributed by atoms with Crippen LogP contribution >= 0.6 is 24.0 Å². The molecule has 2 saturated heterocycles. The van der Waals surface area contributed by atoms with Gasteiger partial charge in [-0.2, -0.15) is 0 Å². The van der Waals surface area contributed by atoms with Gasteiger partial charge in [0.25, 0.3) is 0 Å². The summed E-state index contributed by atoms with van der Waals surface area (Å²) in [6, 6.07) is 0.523. The highest BCUT2D eigenvalue weighted by Gasteiger charge is 2.41. The summed E-state index contributed by atoms with van der Waals surface area (Å²) in [5, 5.41) is 3.34. The van der Waals surface area contributed by atoms with E-state index in [0.717, 1.165) is 25.6 Å². The van der Waals surface area contributed by atoms with Gasteiger partial charge >= 0.3 is 0 Å². The molecule has 1 unspecified atom stereocenters. The Labute approximate surface area is 164 Å². The Kier molecular flexibility index (Phi) is 8.25. The molecule has 0 amide bonds. The number of nitrogens with zero attached hydrogens (tertiary/aromatic N) is 3. The molecule has 2 heterocycles. The molecule has 0 aliphatic carbocycles. The molecule has 0 aromatic rings. The van der Waals surface area contributed by atoms with Crippen molar-refractivity contribution in [1.82, 2.24) is 15.1 Å². The van der Waals surface area contributed by atoms with Crippen molar-refractivity contribution in [1.29, 1.82) is 0 Å². The molecule has 2 aliphatic heterocycles. The molecule has 1 N–H and O–H groups in total. The van der Waals surface area contributed by atoms with E-state index in [2.05, 4.69) is 29.0 Å². The fourth-order valence-corrected chi connectivity index (χ4v) is 4.83. The van der Waals surface area contributed by atoms with Crippen molar-refractivity contribution in [2.75, 3.05) is 45.0 Å². The van der Waals surface area contributed by atoms with Crippen molar-refractivity contribution in [3.8, 4) is 0 Å². The van der Waals surface area contributed by atoms with E-state index in [1.165, 1.54) is 19.4 Å². The highest BCUT2D eigenvalue weighted by Crippen LogP contribution is 2.24. The van der Waals surface area contributed by atoms with Gasteiger partial charge < -0.3 is 10.2 Å². The smallest absolute Gasteiger partial charge is 0.194 e. The van der Waals surface area contributed by atoms with Crippen molar-refractivity contribution in [3.05, 3.63) is 0 Å². The molecule has 24 heavy (non-hydrogen) atoms. The number of hydrogen-bond acceptors (Lipinski definition) is 4. The number of hydrogen-bond donors (Lipinski definition) is 1. The van der Waals surface area contributed by atoms with Crippen molar-refractivity contribution in [3.63, 3.8) is 0 Å². The van der Waals surface area contributed by atoms with Crippen molar-refractivity contribution in [2.45, 2.75) is 51.3 Å². The predicted molar refractivity (Wildman–Crippen MR) is 111 cm³/mol. The molecule has 1 atom stereocenters. The molecule has 0 radical (unpaired) electrons. The van der Waals surface area contributed by atoms with Crippen LogP contribution in [0.3, 0.4) is 0 Å². The summed E-state index contributed by atoms with van der Waals surface area (Å²) >= 11 is 0. The summed E-state index contributed by atoms with van der Waals surface area (Å²) in [6.07, 6.45) is 2.45. The molecule has 0 aromatic carbocycles. The van der Waals surface area contributed by atoms with Crippen LogP contribution in [0.15, 0.2) is 4.99 Å². The topological polar surface area (TPSA) is 65.0 Å². The molecule has 0 spiro atoms. The van der Waals surface area contributed by atoms with Gasteiger partial charge in [0, 0.05) is 25.7 Å². The Balaban J connectivity index is 0.00000288. The molecule has 8 heteroatoms. The molecular weight excluding hydrogens is 439 g/mol. The third-order valence-corrected chi connectivity index (χ3v) is 7.57. The Bertz CT molecular complexity index is 536. The van der Waals surface area contributed by atoms with Gasteiger partial charge in [-0.3, -0.25) is 9.89 Å². The van der Waals surface area contributed by atoms with E-state index in [0.29, 0.717) is 19.1 Å². The number of halogens is 1. The first-order valence-electron chi connectivity index (χ1n) is 8.80. The first-order valence-corrected chi connectivity index (χ1v) is 10.5. The molecule has 0 bridgehead atoms. The van der Waals surface area contributed by atoms with Crippen molar-refractivity contribution >= 4 is 39.8 Å². The van der Waals surface area contributed by atoms with Crippen LogP contribution in [0.1, 0.15) is 40.5 Å². The number of rotatable bonds is 4. The highest BCUT2D eigenvalue weighted by atomic mass is 127. The van der Waals surface area contributed by atoms with Crippen LogP contribution in [0, 0.1) is 0 Å². The zero-order valence-electron chi connectivity index (χ0n) is 15.4. The Morgan fingerprint density at radius 3 is 2.58 bits per heavy atom. The molecular formula is C16H33IN4O2S. The maximum atomic E-state index is 12.2. The average Bonchev–Trinajstić information content (AvgIpc) is 2.94. The van der Waals surface area contributed by atoms with Crippen LogP contribution in [-0.4, -0.2) is 80.0 Å². The zero-order valence-corrected chi connectivity index (χ0v) is 18.6. The monoisotopic (exact) mass is 472 g/mol. The Morgan fingerprint density at radius 1 is 1.29 bits per heavy atom. The molecule has 6 nitrogen and oxygen atoms in total. The Hall–Kier alpha value is -0.0900. The minimum Gasteiger partial charge on any atom is -0.357 e. The first kappa shape index (κ1) is 22.0. The number of likely N-dealkylation sites (N-methyl/N-ethyl adjacent to an activating group) is 1. The lowest BCUT2D eigenvalue weighted by atomic mass is 10.2. The third kappa shape index (κ3) is 4.97. The van der Waals surface area contributed by atoms with Gasteiger partial charge in [0.05, 0.1) is 17.0 Å². The second kappa shape index (κ2) is 9.02. The second-order valence-corrected chi connectivity index (χ2v) is 9.86. The summed E-state index contributed by atoms with van der Waals surface area (Å²) < 4.78 is 23.7. The SMILES string of the molecule is CCNC(=NCC1CCCN1CC)N1CCS(=O)(=O)C(C)(C)C1.I. The summed E-state index contributed by atoms with van der Waals surface area (Å²) in [7, 11) is -3.02. The number of likely N-dealkylation sites (tertiary alicyclic amines) is 1. The van der Waals surface area contributed by atoms with Gasteiger partial charge in [-0.1, -0.05) is 6.92 Å². The molecule has 0 saturated carbocycles. The lowest BCUT2D eigenvalue weighted by Gasteiger charge is -2.39. The van der Waals surface area contributed by atoms with Gasteiger partial charge in [0.1, 0.15) is 0 Å². The number of nitrogens with one attached hydrogen (secondary N) is 1. The van der Waals surface area contributed by atoms with Crippen LogP contribution in [0.25, 0.3) is 0 Å². The summed E-state index contributed by atoms with van der Waals surface area (Å²) in [5.41, 5.74) is 0. The highest BCUT2D eigenvalue weighted by molar-refractivity contribution is 14.0. The van der Waals surface area contributed by atoms with Crippen molar-refractivity contribution < 1.29 is 8.42 Å². The minimum absolute atomic E-state index is 0. The summed E-state index contributed by atoms with van der Waals surface area (Å²) in [4.78, 5) is 9.42. The van der Waals surface area contributed by atoms with E-state index < -0.39 is 14.6 Å². The maximum Gasteiger partial charge on any atom is 0.194 e. The lowest BCUT2D eigenvalue weighted by Crippen LogP contribution is -2.57. The minimum atomic E-state index is -3.02. The molecule has 2 fully saturated rings. The molecule has 2 rings (SSSR count). The maximum absolute atomic E-state index is 12.2. The van der Waals surface area contributed by atoms with Gasteiger partial charge in [-0.05, 0) is 46.7 Å². The van der Waals surface area contributed by atoms with Crippen LogP contribution in [-0.2, 0) is 9.84 Å². The van der Waals surface area contributed by atoms with E-state index in [1.54, 1.807) is 0 Å². The molecule has 142 valence electrons. The van der Waals surface area contributed by atoms with E-state index in [4.69, 9.17) is 4.99 Å².